The Hall–Kier alpha value is -4.34. The van der Waals surface area contributed by atoms with Gasteiger partial charge in [-0.1, -0.05) is 43.0 Å². The molecular weight excluding hydrogens is 735 g/mol. The number of imide groups is 1. The summed E-state index contributed by atoms with van der Waals surface area (Å²) in [7, 11) is 0. The van der Waals surface area contributed by atoms with E-state index in [1.807, 2.05) is 18.2 Å². The molecule has 0 spiro atoms. The van der Waals surface area contributed by atoms with Crippen LogP contribution in [0.3, 0.4) is 0 Å². The first-order valence-corrected chi connectivity index (χ1v) is 19.1. The third kappa shape index (κ3) is 5.62. The number of aliphatic hydroxyl groups is 2. The van der Waals surface area contributed by atoms with E-state index in [0.717, 1.165) is 20.8 Å². The minimum absolute atomic E-state index is 0.00936. The fourth-order valence-electron chi connectivity index (χ4n) is 10.3. The van der Waals surface area contributed by atoms with Crippen LogP contribution < -0.4 is 5.32 Å². The Morgan fingerprint density at radius 1 is 1.00 bits per heavy atom. The highest BCUT2D eigenvalue weighted by molar-refractivity contribution is 7.99. The summed E-state index contributed by atoms with van der Waals surface area (Å²) in [4.78, 5) is 64.8. The normalized spacial score (nSPS) is 37.3. The summed E-state index contributed by atoms with van der Waals surface area (Å²) in [5, 5.41) is 24.8. The molecule has 0 radical (unpaired) electrons. The van der Waals surface area contributed by atoms with Gasteiger partial charge in [0.2, 0.25) is 5.91 Å². The van der Waals surface area contributed by atoms with Crippen LogP contribution in [-0.4, -0.2) is 87.2 Å². The number of halogens is 2. The number of carbonyl (C=O) groups is 5. The van der Waals surface area contributed by atoms with Gasteiger partial charge in [-0.05, 0) is 80.2 Å². The third-order valence-electron chi connectivity index (χ3n) is 12.9. The fraction of sp³-hybridized carbons (Fsp3) is 0.439. The molecule has 0 aromatic heterocycles. The van der Waals surface area contributed by atoms with E-state index in [2.05, 4.69) is 5.32 Å². The lowest BCUT2D eigenvalue weighted by molar-refractivity contribution is -0.235. The average molecular weight is 775 g/mol. The maximum absolute atomic E-state index is 17.7. The van der Waals surface area contributed by atoms with Crippen molar-refractivity contribution in [3.05, 3.63) is 90.0 Å². The zero-order chi connectivity index (χ0) is 39.1. The quantitative estimate of drug-likeness (QED) is 0.304. The van der Waals surface area contributed by atoms with Gasteiger partial charge in [0.1, 0.15) is 12.8 Å². The van der Waals surface area contributed by atoms with Gasteiger partial charge in [-0.25, -0.2) is 8.78 Å². The second-order valence-electron chi connectivity index (χ2n) is 15.6. The first-order valence-electron chi connectivity index (χ1n) is 18.3. The molecule has 2 heterocycles. The molecule has 10 atom stereocenters. The molecule has 3 N–H and O–H groups in total. The SMILES string of the molecule is C[C@]12C=CC(=O)C=C1[C@@H](F)C[C@H]1[C@@H]3C[C@H]4O[C@@H](c5ccc(Sc6cccc(NC(=O)CCN7C(=O)C=CC7=O)c6)cc5)O[C@@]4(C(=O)CO)[C@@]3(C)C[C@H](O)[C@@]12F. The standard InChI is InChI=1S/C41H40F2N2O9S/c1-38-14-12-24(47)17-29(38)30(42)18-28-27-19-33-41(32(49)21-46,39(27,2)20-31(48)40(28,38)43)54-37(53-33)22-6-8-25(9-7-22)55-26-5-3-4-23(16-26)44-34(50)13-15-45-35(51)10-11-36(45)52/h3-12,14,16-17,27-28,30-31,33,37,46,48H,13,15,18-21H2,1-2H3,(H,44,50)/t27-,28-,30-,31-,33+,37+,38-,39-,40-,41+/m0/s1. The Balaban J connectivity index is 0.976. The van der Waals surface area contributed by atoms with E-state index in [4.69, 9.17) is 9.47 Å². The minimum atomic E-state index is -2.34. The van der Waals surface area contributed by atoms with Crippen LogP contribution in [0.15, 0.2) is 94.3 Å². The average Bonchev–Trinajstić information content (AvgIpc) is 3.78. The number of benzene rings is 2. The zero-order valence-electron chi connectivity index (χ0n) is 30.1. The monoisotopic (exact) mass is 774 g/mol. The summed E-state index contributed by atoms with van der Waals surface area (Å²) in [5.74, 6) is -4.03. The summed E-state index contributed by atoms with van der Waals surface area (Å²) >= 11 is 1.42. The topological polar surface area (TPSA) is 160 Å². The Morgan fingerprint density at radius 2 is 1.73 bits per heavy atom. The molecule has 4 aliphatic carbocycles. The van der Waals surface area contributed by atoms with E-state index in [1.165, 1.54) is 43.0 Å². The van der Waals surface area contributed by atoms with Crippen LogP contribution >= 0.6 is 11.8 Å². The number of nitrogens with one attached hydrogen (secondary N) is 1. The van der Waals surface area contributed by atoms with Crippen LogP contribution in [0.2, 0.25) is 0 Å². The van der Waals surface area contributed by atoms with Crippen molar-refractivity contribution in [2.45, 2.75) is 85.3 Å². The number of ketones is 2. The van der Waals surface area contributed by atoms with Crippen LogP contribution in [0, 0.1) is 22.7 Å². The number of alkyl halides is 2. The van der Waals surface area contributed by atoms with Gasteiger partial charge in [-0.2, -0.15) is 0 Å². The van der Waals surface area contributed by atoms with Gasteiger partial charge in [0, 0.05) is 62.9 Å². The van der Waals surface area contributed by atoms with E-state index in [0.29, 0.717) is 11.3 Å². The number of fused-ring (bicyclic) bond motifs is 7. The van der Waals surface area contributed by atoms with Gasteiger partial charge in [0.25, 0.3) is 11.8 Å². The molecule has 0 unspecified atom stereocenters. The number of carbonyl (C=O) groups excluding carboxylic acids is 5. The number of amides is 3. The van der Waals surface area contributed by atoms with Crippen molar-refractivity contribution in [1.82, 2.24) is 4.90 Å². The molecule has 6 aliphatic rings. The van der Waals surface area contributed by atoms with Gasteiger partial charge < -0.3 is 25.0 Å². The lowest BCUT2D eigenvalue weighted by Crippen LogP contribution is -2.70. The molecular formula is C41H40F2N2O9S. The van der Waals surface area contributed by atoms with Crippen LogP contribution in [0.5, 0.6) is 0 Å². The fourth-order valence-corrected chi connectivity index (χ4v) is 11.1. The maximum Gasteiger partial charge on any atom is 0.253 e. The Bertz CT molecular complexity index is 2070. The van der Waals surface area contributed by atoms with Crippen LogP contribution in [0.4, 0.5) is 14.5 Å². The Morgan fingerprint density at radius 3 is 2.44 bits per heavy atom. The van der Waals surface area contributed by atoms with E-state index in [1.54, 1.807) is 37.3 Å². The number of nitrogens with zero attached hydrogens (tertiary/aromatic N) is 1. The van der Waals surface area contributed by atoms with E-state index in [-0.39, 0.29) is 43.7 Å². The van der Waals surface area contributed by atoms with Crippen LogP contribution in [0.1, 0.15) is 51.4 Å². The van der Waals surface area contributed by atoms with Gasteiger partial charge in [0.05, 0.1) is 12.2 Å². The number of rotatable bonds is 9. The summed E-state index contributed by atoms with van der Waals surface area (Å²) in [6, 6.07) is 14.4. The predicted molar refractivity (Wildman–Crippen MR) is 194 cm³/mol. The number of ether oxygens (including phenoxy) is 2. The molecule has 2 aliphatic heterocycles. The summed E-state index contributed by atoms with van der Waals surface area (Å²) in [6.07, 6.45) is 0.428. The summed E-state index contributed by atoms with van der Waals surface area (Å²) < 4.78 is 46.6. The van der Waals surface area contributed by atoms with Gasteiger partial charge in [-0.15, -0.1) is 0 Å². The molecule has 0 bridgehead atoms. The summed E-state index contributed by atoms with van der Waals surface area (Å²) in [5.41, 5.74) is -5.74. The zero-order valence-corrected chi connectivity index (χ0v) is 30.9. The Kier molecular flexibility index (Phi) is 9.16. The number of hydrogen-bond donors (Lipinski definition) is 3. The molecule has 3 amide bonds. The van der Waals surface area contributed by atoms with Gasteiger partial charge >= 0.3 is 0 Å². The van der Waals surface area contributed by atoms with E-state index >= 15 is 8.78 Å². The number of allylic oxidation sites excluding steroid dienone is 4. The smallest absolute Gasteiger partial charge is 0.253 e. The number of anilines is 1. The largest absolute Gasteiger partial charge is 0.390 e. The van der Waals surface area contributed by atoms with Crippen molar-refractivity contribution in [2.75, 3.05) is 18.5 Å². The third-order valence-corrected chi connectivity index (χ3v) is 13.9. The molecule has 1 saturated heterocycles. The second-order valence-corrected chi connectivity index (χ2v) is 16.8. The Labute approximate surface area is 319 Å². The molecule has 288 valence electrons. The molecule has 2 aromatic rings. The van der Waals surface area contributed by atoms with Crippen molar-refractivity contribution in [3.8, 4) is 0 Å². The lowest BCUT2D eigenvalue weighted by Gasteiger charge is -2.63. The highest BCUT2D eigenvalue weighted by Crippen LogP contribution is 2.72. The van der Waals surface area contributed by atoms with Crippen molar-refractivity contribution < 1.29 is 52.4 Å². The molecule has 4 fully saturated rings. The highest BCUT2D eigenvalue weighted by Gasteiger charge is 2.80. The molecule has 55 heavy (non-hydrogen) atoms. The predicted octanol–water partition coefficient (Wildman–Crippen LogP) is 4.73. The molecule has 3 saturated carbocycles. The van der Waals surface area contributed by atoms with E-state index in [9.17, 15) is 34.2 Å². The van der Waals surface area contributed by atoms with Crippen molar-refractivity contribution in [2.24, 2.45) is 22.7 Å². The molecule has 2 aromatic carbocycles. The molecule has 11 nitrogen and oxygen atoms in total. The van der Waals surface area contributed by atoms with Gasteiger partial charge in [0.15, 0.2) is 29.1 Å². The van der Waals surface area contributed by atoms with Crippen LogP contribution in [0.25, 0.3) is 0 Å². The second kappa shape index (κ2) is 13.4. The molecule has 14 heteroatoms. The van der Waals surface area contributed by atoms with Crippen LogP contribution in [-0.2, 0) is 33.4 Å². The number of hydrogen-bond acceptors (Lipinski definition) is 10. The minimum Gasteiger partial charge on any atom is -0.390 e. The first kappa shape index (κ1) is 37.6. The van der Waals surface area contributed by atoms with Crippen molar-refractivity contribution >= 4 is 46.7 Å². The molecule has 8 rings (SSSR count). The van der Waals surface area contributed by atoms with Gasteiger partial charge in [-0.3, -0.25) is 28.9 Å². The van der Waals surface area contributed by atoms with Crippen molar-refractivity contribution in [1.29, 1.82) is 0 Å². The number of aliphatic hydroxyl groups excluding tert-OH is 2. The maximum atomic E-state index is 17.7. The van der Waals surface area contributed by atoms with E-state index < -0.39 is 88.6 Å². The highest BCUT2D eigenvalue weighted by atomic mass is 32.2. The number of Topliss-reactive ketones (excluding diaryl/α,β-unsaturated/α-hetero) is 1. The first-order chi connectivity index (χ1) is 26.1. The lowest BCUT2D eigenvalue weighted by atomic mass is 9.44. The summed E-state index contributed by atoms with van der Waals surface area (Å²) in [6.45, 7) is 2.36. The van der Waals surface area contributed by atoms with Crippen molar-refractivity contribution in [3.63, 3.8) is 0 Å².